The zero-order chi connectivity index (χ0) is 16.8. The van der Waals surface area contributed by atoms with E-state index in [9.17, 15) is 0 Å². The number of guanidine groups is 1. The van der Waals surface area contributed by atoms with Gasteiger partial charge in [-0.3, -0.25) is 4.99 Å². The molecule has 1 N–H and O–H groups in total. The quantitative estimate of drug-likeness (QED) is 0.517. The van der Waals surface area contributed by atoms with Gasteiger partial charge in [-0.25, -0.2) is 0 Å². The Kier molecular flexibility index (Phi) is 6.07. The van der Waals surface area contributed by atoms with Gasteiger partial charge in [0.25, 0.3) is 0 Å². The lowest BCUT2D eigenvalue weighted by Gasteiger charge is -2.34. The van der Waals surface area contributed by atoms with Crippen molar-refractivity contribution in [1.29, 1.82) is 0 Å². The van der Waals surface area contributed by atoms with Crippen LogP contribution in [-0.4, -0.2) is 55.1 Å². The fourth-order valence-corrected chi connectivity index (χ4v) is 4.40. The first kappa shape index (κ1) is 17.2. The highest BCUT2D eigenvalue weighted by molar-refractivity contribution is 8.00. The number of hydrogen-bond acceptors (Lipinski definition) is 3. The van der Waals surface area contributed by atoms with E-state index in [-0.39, 0.29) is 0 Å². The van der Waals surface area contributed by atoms with Gasteiger partial charge in [-0.15, -0.1) is 0 Å². The highest BCUT2D eigenvalue weighted by Gasteiger charge is 2.21. The lowest BCUT2D eigenvalue weighted by Crippen LogP contribution is -2.47. The van der Waals surface area contributed by atoms with Crippen molar-refractivity contribution in [1.82, 2.24) is 10.2 Å². The molecule has 0 spiro atoms. The molecule has 1 aromatic carbocycles. The summed E-state index contributed by atoms with van der Waals surface area (Å²) in [6.07, 6.45) is 5.68. The number of aliphatic imine (C=N–C) groups is 1. The van der Waals surface area contributed by atoms with Gasteiger partial charge in [0, 0.05) is 56.5 Å². The molecule has 0 bridgehead atoms. The van der Waals surface area contributed by atoms with E-state index in [1.165, 1.54) is 23.4 Å². The average molecular weight is 345 g/mol. The van der Waals surface area contributed by atoms with Crippen molar-refractivity contribution in [3.8, 4) is 0 Å². The van der Waals surface area contributed by atoms with Crippen molar-refractivity contribution in [3.05, 3.63) is 42.0 Å². The molecule has 24 heavy (non-hydrogen) atoms. The van der Waals surface area contributed by atoms with Gasteiger partial charge in [0.2, 0.25) is 0 Å². The van der Waals surface area contributed by atoms with Gasteiger partial charge in [0.1, 0.15) is 0 Å². The lowest BCUT2D eigenvalue weighted by molar-refractivity contribution is 0.408. The molecule has 130 valence electrons. The third-order valence-electron chi connectivity index (χ3n) is 4.65. The average Bonchev–Trinajstić information content (AvgIpc) is 3.17. The first-order valence-corrected chi connectivity index (χ1v) is 9.91. The van der Waals surface area contributed by atoms with E-state index < -0.39 is 0 Å². The molecule has 0 aromatic heterocycles. The minimum Gasteiger partial charge on any atom is -0.364 e. The molecule has 0 saturated carbocycles. The van der Waals surface area contributed by atoms with Gasteiger partial charge in [-0.2, -0.15) is 11.8 Å². The highest BCUT2D eigenvalue weighted by Crippen LogP contribution is 2.21. The Morgan fingerprint density at radius 1 is 1.33 bits per heavy atom. The first-order chi connectivity index (χ1) is 11.8. The summed E-state index contributed by atoms with van der Waals surface area (Å²) in [5.74, 6) is 2.22. The molecular weight excluding hydrogens is 316 g/mol. The number of thioether (sulfide) groups is 1. The third kappa shape index (κ3) is 4.26. The number of anilines is 1. The molecule has 4 nitrogen and oxygen atoms in total. The molecule has 1 unspecified atom stereocenters. The smallest absolute Gasteiger partial charge is 0.193 e. The second-order valence-electron chi connectivity index (χ2n) is 6.29. The van der Waals surface area contributed by atoms with Crippen LogP contribution in [0.5, 0.6) is 0 Å². The fraction of sp³-hybridized carbons (Fsp3) is 0.526. The molecular formula is C19H28N4S. The number of nitrogens with one attached hydrogen (secondary N) is 1. The van der Waals surface area contributed by atoms with E-state index in [0.29, 0.717) is 0 Å². The Morgan fingerprint density at radius 3 is 2.92 bits per heavy atom. The van der Waals surface area contributed by atoms with Crippen molar-refractivity contribution < 1.29 is 0 Å². The van der Waals surface area contributed by atoms with Gasteiger partial charge < -0.3 is 15.1 Å². The zero-order valence-electron chi connectivity index (χ0n) is 14.7. The Balaban J connectivity index is 1.58. The number of hydrogen-bond donors (Lipinski definition) is 1. The topological polar surface area (TPSA) is 30.9 Å². The Hall–Kier alpha value is -1.62. The molecule has 2 heterocycles. The summed E-state index contributed by atoms with van der Waals surface area (Å²) in [7, 11) is 1.89. The summed E-state index contributed by atoms with van der Waals surface area (Å²) in [6, 6.07) is 8.82. The first-order valence-electron chi connectivity index (χ1n) is 8.86. The summed E-state index contributed by atoms with van der Waals surface area (Å²) >= 11 is 2.09. The van der Waals surface area contributed by atoms with E-state index in [1.807, 2.05) is 7.05 Å². The maximum atomic E-state index is 4.50. The second kappa shape index (κ2) is 8.47. The molecule has 3 rings (SSSR count). The standard InChI is InChI=1S/C19H28N4S/c1-3-18-15-23(11-12-24-18)19(20-2)21-14-16-7-6-8-17(13-16)22-9-4-5-10-22/h4-8,13,18H,3,9-12,14-15H2,1-2H3,(H,20,21). The molecule has 1 atom stereocenters. The Labute approximate surface area is 150 Å². The summed E-state index contributed by atoms with van der Waals surface area (Å²) in [5.41, 5.74) is 2.61. The largest absolute Gasteiger partial charge is 0.364 e. The molecule has 1 fully saturated rings. The van der Waals surface area contributed by atoms with Gasteiger partial charge in [-0.05, 0) is 24.1 Å². The van der Waals surface area contributed by atoms with Crippen LogP contribution < -0.4 is 10.2 Å². The van der Waals surface area contributed by atoms with Crippen molar-refractivity contribution in [2.75, 3.05) is 43.9 Å². The van der Waals surface area contributed by atoms with Crippen molar-refractivity contribution >= 4 is 23.4 Å². The fourth-order valence-electron chi connectivity index (χ4n) is 3.22. The van der Waals surface area contributed by atoms with Crippen molar-refractivity contribution in [2.45, 2.75) is 25.1 Å². The van der Waals surface area contributed by atoms with Crippen LogP contribution in [-0.2, 0) is 6.54 Å². The molecule has 1 aromatic rings. The van der Waals surface area contributed by atoms with E-state index >= 15 is 0 Å². The Bertz CT molecular complexity index is 591. The van der Waals surface area contributed by atoms with Gasteiger partial charge >= 0.3 is 0 Å². The minimum absolute atomic E-state index is 0.725. The van der Waals surface area contributed by atoms with E-state index in [2.05, 4.69) is 75.2 Å². The van der Waals surface area contributed by atoms with Gasteiger partial charge in [0.05, 0.1) is 0 Å². The van der Waals surface area contributed by atoms with Crippen LogP contribution in [0.3, 0.4) is 0 Å². The van der Waals surface area contributed by atoms with Gasteiger partial charge in [0.15, 0.2) is 5.96 Å². The SMILES string of the molecule is CCC1CN(C(=NC)NCc2cccc(N3CC=CC3)c2)CCS1. The third-order valence-corrected chi connectivity index (χ3v) is 6.02. The van der Waals surface area contributed by atoms with Crippen LogP contribution in [0.1, 0.15) is 18.9 Å². The predicted molar refractivity (Wildman–Crippen MR) is 106 cm³/mol. The van der Waals surface area contributed by atoms with E-state index in [4.69, 9.17) is 0 Å². The normalized spacial score (nSPS) is 21.4. The maximum Gasteiger partial charge on any atom is 0.193 e. The second-order valence-corrected chi connectivity index (χ2v) is 7.70. The summed E-state index contributed by atoms with van der Waals surface area (Å²) in [6.45, 7) is 7.31. The highest BCUT2D eigenvalue weighted by atomic mass is 32.2. The summed E-state index contributed by atoms with van der Waals surface area (Å²) in [4.78, 5) is 9.28. The predicted octanol–water partition coefficient (Wildman–Crippen LogP) is 2.97. The van der Waals surface area contributed by atoms with Crippen LogP contribution in [0.2, 0.25) is 0 Å². The van der Waals surface area contributed by atoms with Gasteiger partial charge in [-0.1, -0.05) is 31.2 Å². The number of rotatable bonds is 4. The van der Waals surface area contributed by atoms with E-state index in [1.54, 1.807) is 0 Å². The van der Waals surface area contributed by atoms with Crippen LogP contribution in [0, 0.1) is 0 Å². The number of nitrogens with zero attached hydrogens (tertiary/aromatic N) is 3. The van der Waals surface area contributed by atoms with Crippen molar-refractivity contribution in [3.63, 3.8) is 0 Å². The monoisotopic (exact) mass is 344 g/mol. The lowest BCUT2D eigenvalue weighted by atomic mass is 10.2. The molecule has 0 aliphatic carbocycles. The molecule has 0 radical (unpaired) electrons. The number of benzene rings is 1. The molecule has 0 amide bonds. The summed E-state index contributed by atoms with van der Waals surface area (Å²) < 4.78 is 0. The summed E-state index contributed by atoms with van der Waals surface area (Å²) in [5, 5.41) is 4.28. The van der Waals surface area contributed by atoms with Crippen LogP contribution in [0.25, 0.3) is 0 Å². The Morgan fingerprint density at radius 2 is 2.17 bits per heavy atom. The van der Waals surface area contributed by atoms with Crippen LogP contribution in [0.4, 0.5) is 5.69 Å². The van der Waals surface area contributed by atoms with Crippen LogP contribution >= 0.6 is 11.8 Å². The van der Waals surface area contributed by atoms with Crippen LogP contribution in [0.15, 0.2) is 41.4 Å². The van der Waals surface area contributed by atoms with Crippen molar-refractivity contribution in [2.24, 2.45) is 4.99 Å². The molecule has 2 aliphatic rings. The maximum absolute atomic E-state index is 4.50. The molecule has 1 saturated heterocycles. The van der Waals surface area contributed by atoms with E-state index in [0.717, 1.165) is 43.9 Å². The molecule has 5 heteroatoms. The zero-order valence-corrected chi connectivity index (χ0v) is 15.6. The molecule has 2 aliphatic heterocycles. The minimum atomic E-state index is 0.725.